The largest absolute Gasteiger partial charge is 0.350 e. The lowest BCUT2D eigenvalue weighted by atomic mass is 9.99. The van der Waals surface area contributed by atoms with Gasteiger partial charge < -0.3 is 20.1 Å². The van der Waals surface area contributed by atoms with Gasteiger partial charge >= 0.3 is 0 Å². The summed E-state index contributed by atoms with van der Waals surface area (Å²) in [5.41, 5.74) is 1.97. The zero-order valence-corrected chi connectivity index (χ0v) is 17.9. The summed E-state index contributed by atoms with van der Waals surface area (Å²) >= 11 is 0. The van der Waals surface area contributed by atoms with E-state index in [1.54, 1.807) is 19.1 Å². The van der Waals surface area contributed by atoms with E-state index in [9.17, 15) is 14.0 Å². The van der Waals surface area contributed by atoms with E-state index in [-0.39, 0.29) is 23.7 Å². The molecule has 0 bridgehead atoms. The smallest absolute Gasteiger partial charge is 0.267 e. The maximum Gasteiger partial charge on any atom is 0.267 e. The summed E-state index contributed by atoms with van der Waals surface area (Å²) in [5.74, 6) is -0.399. The molecule has 2 amide bonds. The summed E-state index contributed by atoms with van der Waals surface area (Å²) in [4.78, 5) is 34.1. The van der Waals surface area contributed by atoms with E-state index in [1.165, 1.54) is 6.07 Å². The fourth-order valence-corrected chi connectivity index (χ4v) is 4.77. The Balaban J connectivity index is 1.42. The molecule has 0 radical (unpaired) electrons. The normalized spacial score (nSPS) is 23.7. The molecular formula is C22H30FN5O2. The Morgan fingerprint density at radius 2 is 1.90 bits per heavy atom. The van der Waals surface area contributed by atoms with Crippen LogP contribution in [-0.2, 0) is 4.79 Å². The number of piperidine rings is 1. The number of hydrogen-bond acceptors (Lipinski definition) is 4. The summed E-state index contributed by atoms with van der Waals surface area (Å²) < 4.78 is 14.1. The maximum absolute atomic E-state index is 14.1. The van der Waals surface area contributed by atoms with E-state index in [2.05, 4.69) is 27.1 Å². The quantitative estimate of drug-likeness (QED) is 0.799. The monoisotopic (exact) mass is 415 g/mol. The molecule has 2 saturated heterocycles. The van der Waals surface area contributed by atoms with Gasteiger partial charge in [0.2, 0.25) is 5.91 Å². The van der Waals surface area contributed by atoms with Gasteiger partial charge in [-0.1, -0.05) is 6.07 Å². The number of likely N-dealkylation sites (tertiary alicyclic amines) is 1. The molecule has 0 saturated carbocycles. The van der Waals surface area contributed by atoms with Crippen molar-refractivity contribution in [2.75, 3.05) is 46.3 Å². The van der Waals surface area contributed by atoms with Gasteiger partial charge in [0.25, 0.3) is 5.91 Å². The molecule has 1 aromatic heterocycles. The predicted molar refractivity (Wildman–Crippen MR) is 114 cm³/mol. The standard InChI is InChI=1S/C22H30FN5O2/c1-14-4-5-19(23)18-11-20(25-21(14)18)22(30)24-16-10-17(13-26(3)12-16)28-8-6-27(7-9-28)15(2)29/h4-5,11,16-17,25H,6-10,12-13H2,1-3H3,(H,24,30)/t16-,17?/m0/s1. The average Bonchev–Trinajstić information content (AvgIpc) is 3.17. The van der Waals surface area contributed by atoms with Gasteiger partial charge in [-0.05, 0) is 38.1 Å². The highest BCUT2D eigenvalue weighted by Crippen LogP contribution is 2.23. The number of aryl methyl sites for hydroxylation is 1. The van der Waals surface area contributed by atoms with Crippen LogP contribution in [0.3, 0.4) is 0 Å². The van der Waals surface area contributed by atoms with Crippen molar-refractivity contribution in [3.63, 3.8) is 0 Å². The molecule has 0 aliphatic carbocycles. The first-order valence-corrected chi connectivity index (χ1v) is 10.6. The second kappa shape index (κ2) is 8.35. The number of amides is 2. The number of nitrogens with zero attached hydrogens (tertiary/aromatic N) is 3. The van der Waals surface area contributed by atoms with Gasteiger partial charge in [0.15, 0.2) is 0 Å². The van der Waals surface area contributed by atoms with Crippen LogP contribution in [0, 0.1) is 12.7 Å². The van der Waals surface area contributed by atoms with E-state index in [0.717, 1.165) is 51.3 Å². The molecule has 162 valence electrons. The molecule has 2 atom stereocenters. The Morgan fingerprint density at radius 1 is 1.17 bits per heavy atom. The van der Waals surface area contributed by atoms with Crippen molar-refractivity contribution in [3.8, 4) is 0 Å². The fraction of sp³-hybridized carbons (Fsp3) is 0.545. The third-order valence-electron chi connectivity index (χ3n) is 6.42. The topological polar surface area (TPSA) is 71.7 Å². The zero-order valence-electron chi connectivity index (χ0n) is 17.9. The molecule has 30 heavy (non-hydrogen) atoms. The molecule has 4 rings (SSSR count). The van der Waals surface area contributed by atoms with E-state index in [4.69, 9.17) is 0 Å². The molecule has 0 spiro atoms. The molecule has 2 aromatic rings. The van der Waals surface area contributed by atoms with Crippen LogP contribution in [0.4, 0.5) is 4.39 Å². The Kier molecular flexibility index (Phi) is 5.79. The highest BCUT2D eigenvalue weighted by atomic mass is 19.1. The van der Waals surface area contributed by atoms with Crippen LogP contribution in [0.25, 0.3) is 10.9 Å². The number of carbonyl (C=O) groups excluding carboxylic acids is 2. The van der Waals surface area contributed by atoms with Crippen LogP contribution in [0.15, 0.2) is 18.2 Å². The third-order valence-corrected chi connectivity index (χ3v) is 6.42. The summed E-state index contributed by atoms with van der Waals surface area (Å²) in [7, 11) is 2.07. The van der Waals surface area contributed by atoms with Crippen molar-refractivity contribution >= 4 is 22.7 Å². The van der Waals surface area contributed by atoms with Gasteiger partial charge in [-0.3, -0.25) is 14.5 Å². The molecule has 3 heterocycles. The van der Waals surface area contributed by atoms with Gasteiger partial charge in [0.05, 0.1) is 5.52 Å². The van der Waals surface area contributed by atoms with E-state index >= 15 is 0 Å². The average molecular weight is 416 g/mol. The van der Waals surface area contributed by atoms with Crippen molar-refractivity contribution < 1.29 is 14.0 Å². The second-order valence-electron chi connectivity index (χ2n) is 8.66. The van der Waals surface area contributed by atoms with E-state index in [0.29, 0.717) is 22.6 Å². The van der Waals surface area contributed by atoms with Gasteiger partial charge in [-0.25, -0.2) is 4.39 Å². The summed E-state index contributed by atoms with van der Waals surface area (Å²) in [6.45, 7) is 8.48. The lowest BCUT2D eigenvalue weighted by Gasteiger charge is -2.44. The highest BCUT2D eigenvalue weighted by molar-refractivity contribution is 5.99. The molecule has 7 nitrogen and oxygen atoms in total. The minimum Gasteiger partial charge on any atom is -0.350 e. The third kappa shape index (κ3) is 4.20. The number of halogens is 1. The number of H-pyrrole nitrogens is 1. The van der Waals surface area contributed by atoms with Crippen LogP contribution in [0.2, 0.25) is 0 Å². The number of aromatic nitrogens is 1. The first kappa shape index (κ1) is 20.8. The number of hydrogen-bond donors (Lipinski definition) is 2. The highest BCUT2D eigenvalue weighted by Gasteiger charge is 2.32. The van der Waals surface area contributed by atoms with Gasteiger partial charge in [0, 0.05) is 63.7 Å². The minimum absolute atomic E-state index is 0.0180. The van der Waals surface area contributed by atoms with Gasteiger partial charge in [0.1, 0.15) is 11.5 Å². The molecule has 2 fully saturated rings. The lowest BCUT2D eigenvalue weighted by molar-refractivity contribution is -0.131. The first-order valence-electron chi connectivity index (χ1n) is 10.6. The number of aromatic amines is 1. The number of likely N-dealkylation sites (N-methyl/N-ethyl adjacent to an activating group) is 1. The molecule has 8 heteroatoms. The summed E-state index contributed by atoms with van der Waals surface area (Å²) in [6, 6.07) is 5.09. The van der Waals surface area contributed by atoms with E-state index in [1.807, 2.05) is 11.8 Å². The summed E-state index contributed by atoms with van der Waals surface area (Å²) in [5, 5.41) is 3.58. The summed E-state index contributed by atoms with van der Waals surface area (Å²) in [6.07, 6.45) is 0.865. The van der Waals surface area contributed by atoms with Crippen molar-refractivity contribution in [1.29, 1.82) is 0 Å². The molecule has 2 aliphatic rings. The second-order valence-corrected chi connectivity index (χ2v) is 8.66. The Hall–Kier alpha value is -2.45. The number of piperazine rings is 1. The number of nitrogens with one attached hydrogen (secondary N) is 2. The minimum atomic E-state index is -0.326. The van der Waals surface area contributed by atoms with E-state index < -0.39 is 0 Å². The van der Waals surface area contributed by atoms with Gasteiger partial charge in [-0.2, -0.15) is 0 Å². The molecule has 1 unspecified atom stereocenters. The van der Waals surface area contributed by atoms with Crippen LogP contribution in [0.5, 0.6) is 0 Å². The number of benzene rings is 1. The van der Waals surface area contributed by atoms with Crippen LogP contribution in [-0.4, -0.2) is 89.9 Å². The molecular weight excluding hydrogens is 385 g/mol. The maximum atomic E-state index is 14.1. The van der Waals surface area contributed by atoms with Crippen LogP contribution >= 0.6 is 0 Å². The van der Waals surface area contributed by atoms with Crippen LogP contribution < -0.4 is 5.32 Å². The Labute approximate surface area is 176 Å². The lowest BCUT2D eigenvalue weighted by Crippen LogP contribution is -2.59. The molecule has 1 aromatic carbocycles. The predicted octanol–water partition coefficient (Wildman–Crippen LogP) is 1.58. The number of rotatable bonds is 3. The molecule has 2 aliphatic heterocycles. The molecule has 2 N–H and O–H groups in total. The number of fused-ring (bicyclic) bond motifs is 1. The Bertz CT molecular complexity index is 911. The van der Waals surface area contributed by atoms with Crippen LogP contribution in [0.1, 0.15) is 29.4 Å². The zero-order chi connectivity index (χ0) is 21.4. The van der Waals surface area contributed by atoms with Crippen molar-refractivity contribution in [2.45, 2.75) is 32.4 Å². The Morgan fingerprint density at radius 3 is 2.57 bits per heavy atom. The SMILES string of the molecule is CC(=O)N1CCN(C2C[C@H](NC(=O)c3cc4c(F)ccc(C)c4[nH]3)CN(C)C2)CC1. The van der Waals surface area contributed by atoms with Crippen molar-refractivity contribution in [1.82, 2.24) is 25.0 Å². The van der Waals surface area contributed by atoms with Crippen molar-refractivity contribution in [3.05, 3.63) is 35.3 Å². The number of carbonyl (C=O) groups is 2. The van der Waals surface area contributed by atoms with Crippen molar-refractivity contribution in [2.24, 2.45) is 0 Å². The fourth-order valence-electron chi connectivity index (χ4n) is 4.77. The first-order chi connectivity index (χ1) is 14.3. The van der Waals surface area contributed by atoms with Gasteiger partial charge in [-0.15, -0.1) is 0 Å².